The summed E-state index contributed by atoms with van der Waals surface area (Å²) in [4.78, 5) is 2.42. The first-order chi connectivity index (χ1) is 5.08. The van der Waals surface area contributed by atoms with Crippen LogP contribution in [0.1, 0.15) is 34.1 Å². The standard InChI is InChI=1S/C9H22N2/c1-5-7-11(6-2)9(3,4)8-10/h5-8,10H2,1-4H3. The van der Waals surface area contributed by atoms with Crippen molar-refractivity contribution >= 4 is 0 Å². The highest BCUT2D eigenvalue weighted by Crippen LogP contribution is 2.11. The van der Waals surface area contributed by atoms with Gasteiger partial charge in [0.2, 0.25) is 0 Å². The van der Waals surface area contributed by atoms with Crippen LogP contribution in [-0.4, -0.2) is 30.1 Å². The van der Waals surface area contributed by atoms with Crippen molar-refractivity contribution in [1.29, 1.82) is 0 Å². The minimum atomic E-state index is 0.171. The SMILES string of the molecule is CCCN(CC)C(C)(C)CN. The van der Waals surface area contributed by atoms with Crippen LogP contribution in [0.5, 0.6) is 0 Å². The molecular formula is C9H22N2. The maximum absolute atomic E-state index is 5.67. The second-order valence-corrected chi connectivity index (χ2v) is 3.60. The van der Waals surface area contributed by atoms with E-state index in [1.54, 1.807) is 0 Å². The molecule has 0 fully saturated rings. The first-order valence-electron chi connectivity index (χ1n) is 4.53. The Balaban J connectivity index is 3.99. The number of likely N-dealkylation sites (N-methyl/N-ethyl adjacent to an activating group) is 1. The molecule has 2 nitrogen and oxygen atoms in total. The van der Waals surface area contributed by atoms with Gasteiger partial charge in [-0.3, -0.25) is 4.90 Å². The zero-order valence-electron chi connectivity index (χ0n) is 8.35. The van der Waals surface area contributed by atoms with Crippen LogP contribution < -0.4 is 5.73 Å². The molecule has 2 heteroatoms. The van der Waals surface area contributed by atoms with Gasteiger partial charge in [0.15, 0.2) is 0 Å². The largest absolute Gasteiger partial charge is 0.329 e. The monoisotopic (exact) mass is 158 g/mol. The van der Waals surface area contributed by atoms with E-state index in [0.717, 1.165) is 19.6 Å². The summed E-state index contributed by atoms with van der Waals surface area (Å²) >= 11 is 0. The van der Waals surface area contributed by atoms with Crippen molar-refractivity contribution in [2.45, 2.75) is 39.7 Å². The molecule has 0 bridgehead atoms. The molecule has 0 aromatic rings. The molecular weight excluding hydrogens is 136 g/mol. The Bertz CT molecular complexity index is 99.7. The van der Waals surface area contributed by atoms with E-state index in [4.69, 9.17) is 5.73 Å². The lowest BCUT2D eigenvalue weighted by Crippen LogP contribution is -2.49. The van der Waals surface area contributed by atoms with Crippen molar-refractivity contribution in [3.8, 4) is 0 Å². The van der Waals surface area contributed by atoms with Gasteiger partial charge in [0, 0.05) is 12.1 Å². The third-order valence-corrected chi connectivity index (χ3v) is 2.23. The molecule has 0 radical (unpaired) electrons. The summed E-state index contributed by atoms with van der Waals surface area (Å²) in [6.07, 6.45) is 1.21. The van der Waals surface area contributed by atoms with Crippen LogP contribution in [-0.2, 0) is 0 Å². The Morgan fingerprint density at radius 3 is 2.09 bits per heavy atom. The second-order valence-electron chi connectivity index (χ2n) is 3.60. The number of nitrogens with zero attached hydrogens (tertiary/aromatic N) is 1. The number of hydrogen-bond acceptors (Lipinski definition) is 2. The highest BCUT2D eigenvalue weighted by atomic mass is 15.2. The Morgan fingerprint density at radius 2 is 1.82 bits per heavy atom. The fourth-order valence-electron chi connectivity index (χ4n) is 1.29. The molecule has 0 heterocycles. The summed E-state index contributed by atoms with van der Waals surface area (Å²) in [6, 6.07) is 0. The maximum atomic E-state index is 5.67. The quantitative estimate of drug-likeness (QED) is 0.656. The molecule has 0 aliphatic carbocycles. The Labute approximate surface area is 70.8 Å². The minimum Gasteiger partial charge on any atom is -0.329 e. The van der Waals surface area contributed by atoms with Crippen LogP contribution in [0, 0.1) is 0 Å². The average molecular weight is 158 g/mol. The molecule has 0 spiro atoms. The second kappa shape index (κ2) is 4.73. The van der Waals surface area contributed by atoms with Crippen LogP contribution in [0.15, 0.2) is 0 Å². The van der Waals surface area contributed by atoms with Crippen LogP contribution >= 0.6 is 0 Å². The first-order valence-corrected chi connectivity index (χ1v) is 4.53. The van der Waals surface area contributed by atoms with Crippen molar-refractivity contribution in [1.82, 2.24) is 4.90 Å². The molecule has 0 aromatic carbocycles. The normalized spacial score (nSPS) is 12.5. The predicted octanol–water partition coefficient (Wildman–Crippen LogP) is 1.46. The maximum Gasteiger partial charge on any atom is 0.0275 e. The van der Waals surface area contributed by atoms with Crippen molar-refractivity contribution in [2.75, 3.05) is 19.6 Å². The third kappa shape index (κ3) is 3.21. The van der Waals surface area contributed by atoms with E-state index in [9.17, 15) is 0 Å². The lowest BCUT2D eigenvalue weighted by molar-refractivity contribution is 0.135. The Morgan fingerprint density at radius 1 is 1.27 bits per heavy atom. The summed E-state index contributed by atoms with van der Waals surface area (Å²) in [7, 11) is 0. The highest BCUT2D eigenvalue weighted by Gasteiger charge is 2.22. The summed E-state index contributed by atoms with van der Waals surface area (Å²) in [5.74, 6) is 0. The molecule has 0 aliphatic rings. The van der Waals surface area contributed by atoms with Crippen molar-refractivity contribution < 1.29 is 0 Å². The molecule has 68 valence electrons. The van der Waals surface area contributed by atoms with Gasteiger partial charge < -0.3 is 5.73 Å². The number of nitrogens with two attached hydrogens (primary N) is 1. The summed E-state index contributed by atoms with van der Waals surface area (Å²) in [5, 5.41) is 0. The Hall–Kier alpha value is -0.0800. The van der Waals surface area contributed by atoms with Crippen molar-refractivity contribution in [3.05, 3.63) is 0 Å². The Kier molecular flexibility index (Phi) is 4.69. The van der Waals surface area contributed by atoms with Gasteiger partial charge in [0.05, 0.1) is 0 Å². The molecule has 0 atom stereocenters. The van der Waals surface area contributed by atoms with E-state index in [0.29, 0.717) is 0 Å². The summed E-state index contributed by atoms with van der Waals surface area (Å²) < 4.78 is 0. The van der Waals surface area contributed by atoms with E-state index >= 15 is 0 Å². The smallest absolute Gasteiger partial charge is 0.0275 e. The van der Waals surface area contributed by atoms with Crippen LogP contribution in [0.25, 0.3) is 0 Å². The topological polar surface area (TPSA) is 29.3 Å². The fraction of sp³-hybridized carbons (Fsp3) is 1.00. The minimum absolute atomic E-state index is 0.171. The number of rotatable bonds is 5. The van der Waals surface area contributed by atoms with Gasteiger partial charge in [0.25, 0.3) is 0 Å². The average Bonchev–Trinajstić information content (AvgIpc) is 2.00. The van der Waals surface area contributed by atoms with Gasteiger partial charge in [-0.2, -0.15) is 0 Å². The molecule has 0 rings (SSSR count). The zero-order valence-corrected chi connectivity index (χ0v) is 8.35. The summed E-state index contributed by atoms with van der Waals surface area (Å²) in [6.45, 7) is 11.8. The van der Waals surface area contributed by atoms with Crippen LogP contribution in [0.2, 0.25) is 0 Å². The van der Waals surface area contributed by atoms with E-state index in [-0.39, 0.29) is 5.54 Å². The van der Waals surface area contributed by atoms with Crippen LogP contribution in [0.3, 0.4) is 0 Å². The predicted molar refractivity (Wildman–Crippen MR) is 50.7 cm³/mol. The van der Waals surface area contributed by atoms with Crippen molar-refractivity contribution in [3.63, 3.8) is 0 Å². The van der Waals surface area contributed by atoms with E-state index < -0.39 is 0 Å². The molecule has 0 amide bonds. The van der Waals surface area contributed by atoms with E-state index in [2.05, 4.69) is 32.6 Å². The van der Waals surface area contributed by atoms with Gasteiger partial charge in [-0.05, 0) is 33.4 Å². The number of hydrogen-bond donors (Lipinski definition) is 1. The first kappa shape index (κ1) is 10.9. The molecule has 0 aliphatic heterocycles. The lowest BCUT2D eigenvalue weighted by Gasteiger charge is -2.36. The summed E-state index contributed by atoms with van der Waals surface area (Å²) in [5.41, 5.74) is 5.84. The third-order valence-electron chi connectivity index (χ3n) is 2.23. The van der Waals surface area contributed by atoms with Crippen molar-refractivity contribution in [2.24, 2.45) is 5.73 Å². The molecule has 0 saturated carbocycles. The molecule has 2 N–H and O–H groups in total. The molecule has 0 saturated heterocycles. The van der Waals surface area contributed by atoms with E-state index in [1.807, 2.05) is 0 Å². The molecule has 11 heavy (non-hydrogen) atoms. The fourth-order valence-corrected chi connectivity index (χ4v) is 1.29. The van der Waals surface area contributed by atoms with E-state index in [1.165, 1.54) is 6.42 Å². The highest BCUT2D eigenvalue weighted by molar-refractivity contribution is 4.81. The molecule has 0 unspecified atom stereocenters. The van der Waals surface area contributed by atoms with Gasteiger partial charge in [-0.25, -0.2) is 0 Å². The van der Waals surface area contributed by atoms with Gasteiger partial charge in [-0.1, -0.05) is 13.8 Å². The van der Waals surface area contributed by atoms with Gasteiger partial charge >= 0.3 is 0 Å². The van der Waals surface area contributed by atoms with Gasteiger partial charge in [0.1, 0.15) is 0 Å². The molecule has 0 aromatic heterocycles. The van der Waals surface area contributed by atoms with Crippen LogP contribution in [0.4, 0.5) is 0 Å². The zero-order chi connectivity index (χ0) is 8.91. The lowest BCUT2D eigenvalue weighted by atomic mass is 10.0. The van der Waals surface area contributed by atoms with Gasteiger partial charge in [-0.15, -0.1) is 0 Å².